The molecule has 0 spiro atoms. The van der Waals surface area contributed by atoms with Crippen LogP contribution in [0.1, 0.15) is 84.7 Å². The van der Waals surface area contributed by atoms with E-state index < -0.39 is 12.4 Å². The molecule has 0 saturated carbocycles. The molecule has 200 valence electrons. The van der Waals surface area contributed by atoms with Crippen molar-refractivity contribution in [3.05, 3.63) is 46.5 Å². The Balaban J connectivity index is 1.51. The predicted molar refractivity (Wildman–Crippen MR) is 135 cm³/mol. The van der Waals surface area contributed by atoms with E-state index >= 15 is 0 Å². The minimum Gasteiger partial charge on any atom is -0.507 e. The van der Waals surface area contributed by atoms with Gasteiger partial charge in [-0.25, -0.2) is 4.79 Å². The van der Waals surface area contributed by atoms with Crippen LogP contribution >= 0.6 is 0 Å². The summed E-state index contributed by atoms with van der Waals surface area (Å²) >= 11 is 0. The number of carboxylic acid groups (broad SMARTS) is 1. The van der Waals surface area contributed by atoms with Crippen LogP contribution in [0.5, 0.6) is 23.0 Å². The van der Waals surface area contributed by atoms with Gasteiger partial charge in [0.05, 0.1) is 24.3 Å². The molecular formula is C28H34O9. The SMILES string of the molecule is CCCc1c(OCCCCCOc2cc3c(cc2C(C)=O)CCC(OC(=O)O)O3)ccc(C(C)=O)c1O. The number of ketones is 2. The summed E-state index contributed by atoms with van der Waals surface area (Å²) in [5, 5.41) is 19.3. The molecule has 0 aromatic heterocycles. The van der Waals surface area contributed by atoms with E-state index in [4.69, 9.17) is 24.1 Å². The Labute approximate surface area is 216 Å². The van der Waals surface area contributed by atoms with Crippen LogP contribution in [-0.2, 0) is 17.6 Å². The summed E-state index contributed by atoms with van der Waals surface area (Å²) in [7, 11) is 0. The second-order valence-corrected chi connectivity index (χ2v) is 8.98. The zero-order chi connectivity index (χ0) is 26.9. The second kappa shape index (κ2) is 13.0. The maximum absolute atomic E-state index is 12.2. The van der Waals surface area contributed by atoms with E-state index in [9.17, 15) is 19.5 Å². The average molecular weight is 515 g/mol. The van der Waals surface area contributed by atoms with Gasteiger partial charge in [-0.15, -0.1) is 0 Å². The van der Waals surface area contributed by atoms with Crippen molar-refractivity contribution >= 4 is 17.7 Å². The quantitative estimate of drug-likeness (QED) is 0.196. The topological polar surface area (TPSA) is 129 Å². The molecule has 37 heavy (non-hydrogen) atoms. The van der Waals surface area contributed by atoms with Crippen LogP contribution in [0, 0.1) is 0 Å². The van der Waals surface area contributed by atoms with E-state index in [-0.39, 0.29) is 17.3 Å². The number of aromatic hydroxyl groups is 1. The molecule has 1 unspecified atom stereocenters. The number of rotatable bonds is 13. The van der Waals surface area contributed by atoms with Gasteiger partial charge in [-0.2, -0.15) is 0 Å². The number of Topliss-reactive ketones (excluding diaryl/α,β-unsaturated/α-hetero) is 2. The molecule has 1 aliphatic heterocycles. The van der Waals surface area contributed by atoms with Gasteiger partial charge in [0.1, 0.15) is 23.0 Å². The summed E-state index contributed by atoms with van der Waals surface area (Å²) in [6, 6.07) is 6.68. The molecule has 1 heterocycles. The number of hydrogen-bond acceptors (Lipinski definition) is 8. The standard InChI is InChI=1S/C28H34O9/c1-4-8-21-23(11-10-20(17(2)29)27(21)31)34-13-6-5-7-14-35-25-16-24-19(15-22(25)18(3)30)9-12-26(36-24)37-28(32)33/h10-11,15-16,26,31H,4-9,12-14H2,1-3H3,(H,32,33). The Morgan fingerprint density at radius 3 is 2.27 bits per heavy atom. The zero-order valence-corrected chi connectivity index (χ0v) is 21.5. The molecule has 2 N–H and O–H groups in total. The second-order valence-electron chi connectivity index (χ2n) is 8.98. The van der Waals surface area contributed by atoms with Gasteiger partial charge >= 0.3 is 6.16 Å². The molecule has 0 saturated heterocycles. The van der Waals surface area contributed by atoms with Crippen molar-refractivity contribution in [3.63, 3.8) is 0 Å². The fourth-order valence-electron chi connectivity index (χ4n) is 4.25. The molecular weight excluding hydrogens is 480 g/mol. The normalized spacial score (nSPS) is 14.3. The van der Waals surface area contributed by atoms with E-state index in [2.05, 4.69) is 0 Å². The summed E-state index contributed by atoms with van der Waals surface area (Å²) in [6.07, 6.45) is 2.33. The number of aryl methyl sites for hydroxylation is 1. The number of phenols is 1. The van der Waals surface area contributed by atoms with Gasteiger partial charge in [0, 0.05) is 18.1 Å². The molecule has 2 aromatic carbocycles. The Morgan fingerprint density at radius 2 is 1.65 bits per heavy atom. The molecule has 1 atom stereocenters. The van der Waals surface area contributed by atoms with Crippen molar-refractivity contribution in [1.82, 2.24) is 0 Å². The number of unbranched alkanes of at least 4 members (excludes halogenated alkanes) is 2. The third-order valence-corrected chi connectivity index (χ3v) is 6.10. The van der Waals surface area contributed by atoms with Crippen molar-refractivity contribution in [2.45, 2.75) is 72.0 Å². The van der Waals surface area contributed by atoms with E-state index in [1.807, 2.05) is 6.92 Å². The number of fused-ring (bicyclic) bond motifs is 1. The molecule has 0 aliphatic carbocycles. The smallest absolute Gasteiger partial charge is 0.507 e. The average Bonchev–Trinajstić information content (AvgIpc) is 2.84. The van der Waals surface area contributed by atoms with Gasteiger partial charge in [0.15, 0.2) is 11.6 Å². The number of ether oxygens (including phenoxy) is 4. The van der Waals surface area contributed by atoms with Crippen molar-refractivity contribution in [2.75, 3.05) is 13.2 Å². The molecule has 0 radical (unpaired) electrons. The molecule has 1 aliphatic rings. The lowest BCUT2D eigenvalue weighted by molar-refractivity contribution is -0.0635. The molecule has 9 nitrogen and oxygen atoms in total. The zero-order valence-electron chi connectivity index (χ0n) is 21.5. The van der Waals surface area contributed by atoms with Crippen LogP contribution in [0.2, 0.25) is 0 Å². The maximum Gasteiger partial charge on any atom is 0.508 e. The van der Waals surface area contributed by atoms with Gasteiger partial charge in [-0.1, -0.05) is 13.3 Å². The fraction of sp³-hybridized carbons (Fsp3) is 0.464. The Kier molecular flexibility index (Phi) is 9.77. The monoisotopic (exact) mass is 514 g/mol. The van der Waals surface area contributed by atoms with Crippen molar-refractivity contribution in [3.8, 4) is 23.0 Å². The van der Waals surface area contributed by atoms with Gasteiger partial charge in [-0.05, 0) is 69.7 Å². The van der Waals surface area contributed by atoms with Crippen LogP contribution in [0.25, 0.3) is 0 Å². The molecule has 9 heteroatoms. The number of carbonyl (C=O) groups is 3. The van der Waals surface area contributed by atoms with Gasteiger partial charge in [0.25, 0.3) is 0 Å². The Morgan fingerprint density at radius 1 is 0.973 bits per heavy atom. The van der Waals surface area contributed by atoms with Gasteiger partial charge < -0.3 is 29.2 Å². The summed E-state index contributed by atoms with van der Waals surface area (Å²) in [6.45, 7) is 5.72. The predicted octanol–water partition coefficient (Wildman–Crippen LogP) is 5.72. The third-order valence-electron chi connectivity index (χ3n) is 6.10. The first-order valence-corrected chi connectivity index (χ1v) is 12.6. The Bertz CT molecular complexity index is 1140. The summed E-state index contributed by atoms with van der Waals surface area (Å²) in [4.78, 5) is 34.7. The summed E-state index contributed by atoms with van der Waals surface area (Å²) < 4.78 is 22.1. The first-order valence-electron chi connectivity index (χ1n) is 12.6. The minimum absolute atomic E-state index is 0.00334. The number of carbonyl (C=O) groups excluding carboxylic acids is 2. The highest BCUT2D eigenvalue weighted by molar-refractivity contribution is 5.98. The lowest BCUT2D eigenvalue weighted by Gasteiger charge is -2.26. The van der Waals surface area contributed by atoms with Crippen LogP contribution in [0.4, 0.5) is 4.79 Å². The summed E-state index contributed by atoms with van der Waals surface area (Å²) in [5.41, 5.74) is 2.22. The van der Waals surface area contributed by atoms with E-state index in [0.717, 1.165) is 31.2 Å². The Hall–Kier alpha value is -3.75. The number of hydrogen-bond donors (Lipinski definition) is 2. The van der Waals surface area contributed by atoms with Crippen molar-refractivity contribution in [1.29, 1.82) is 0 Å². The van der Waals surface area contributed by atoms with Crippen molar-refractivity contribution < 1.29 is 43.5 Å². The number of phenolic OH excluding ortho intramolecular Hbond substituents is 1. The minimum atomic E-state index is -1.40. The molecule has 2 aromatic rings. The molecule has 0 fully saturated rings. The van der Waals surface area contributed by atoms with Crippen LogP contribution < -0.4 is 14.2 Å². The fourth-order valence-corrected chi connectivity index (χ4v) is 4.25. The number of benzene rings is 2. The highest BCUT2D eigenvalue weighted by Gasteiger charge is 2.25. The first kappa shape index (κ1) is 27.8. The largest absolute Gasteiger partial charge is 0.508 e. The molecule has 0 bridgehead atoms. The highest BCUT2D eigenvalue weighted by Crippen LogP contribution is 2.35. The lowest BCUT2D eigenvalue weighted by Crippen LogP contribution is -2.28. The van der Waals surface area contributed by atoms with E-state index in [0.29, 0.717) is 66.4 Å². The van der Waals surface area contributed by atoms with Crippen LogP contribution in [0.3, 0.4) is 0 Å². The highest BCUT2D eigenvalue weighted by atomic mass is 16.8. The molecule has 3 rings (SSSR count). The summed E-state index contributed by atoms with van der Waals surface area (Å²) in [5.74, 6) is 1.11. The van der Waals surface area contributed by atoms with E-state index in [1.165, 1.54) is 13.8 Å². The van der Waals surface area contributed by atoms with Crippen LogP contribution in [-0.4, -0.2) is 47.4 Å². The van der Waals surface area contributed by atoms with Crippen molar-refractivity contribution in [2.24, 2.45) is 0 Å². The first-order chi connectivity index (χ1) is 17.7. The van der Waals surface area contributed by atoms with Gasteiger partial charge in [-0.3, -0.25) is 9.59 Å². The van der Waals surface area contributed by atoms with Gasteiger partial charge in [0.2, 0.25) is 6.29 Å². The lowest BCUT2D eigenvalue weighted by atomic mass is 10.00. The maximum atomic E-state index is 12.2. The third kappa shape index (κ3) is 7.38. The molecule has 0 amide bonds. The van der Waals surface area contributed by atoms with E-state index in [1.54, 1.807) is 24.3 Å². The van der Waals surface area contributed by atoms with Crippen LogP contribution in [0.15, 0.2) is 24.3 Å².